The third kappa shape index (κ3) is 4.18. The third-order valence-corrected chi connectivity index (χ3v) is 3.91. The van der Waals surface area contributed by atoms with Gasteiger partial charge in [-0.15, -0.1) is 5.10 Å². The summed E-state index contributed by atoms with van der Waals surface area (Å²) in [7, 11) is 3.23. The van der Waals surface area contributed by atoms with Crippen molar-refractivity contribution >= 4 is 5.91 Å². The average molecular weight is 352 g/mol. The molecule has 0 aliphatic heterocycles. The number of benzene rings is 2. The Balaban J connectivity index is 1.60. The first-order chi connectivity index (χ1) is 12.7. The van der Waals surface area contributed by atoms with Crippen molar-refractivity contribution < 1.29 is 14.3 Å². The highest BCUT2D eigenvalue weighted by molar-refractivity contribution is 5.91. The topological polar surface area (TPSA) is 78.3 Å². The van der Waals surface area contributed by atoms with Crippen LogP contribution in [0.25, 0.3) is 0 Å². The quantitative estimate of drug-likeness (QED) is 0.706. The number of hydrogen-bond acceptors (Lipinski definition) is 5. The smallest absolute Gasteiger partial charge is 0.273 e. The van der Waals surface area contributed by atoms with Gasteiger partial charge in [0, 0.05) is 12.1 Å². The van der Waals surface area contributed by atoms with Gasteiger partial charge < -0.3 is 14.8 Å². The van der Waals surface area contributed by atoms with E-state index in [0.29, 0.717) is 13.1 Å². The molecule has 2 aromatic carbocycles. The van der Waals surface area contributed by atoms with Gasteiger partial charge in [0.15, 0.2) is 5.69 Å². The second kappa shape index (κ2) is 8.15. The van der Waals surface area contributed by atoms with E-state index in [1.807, 2.05) is 48.5 Å². The normalized spacial score (nSPS) is 10.4. The molecule has 0 atom stereocenters. The molecule has 1 aromatic heterocycles. The molecular formula is C19H20N4O3. The van der Waals surface area contributed by atoms with E-state index in [4.69, 9.17) is 9.47 Å². The number of nitrogens with one attached hydrogen (secondary N) is 1. The fraction of sp³-hybridized carbons (Fsp3) is 0.211. The fourth-order valence-corrected chi connectivity index (χ4v) is 2.51. The summed E-state index contributed by atoms with van der Waals surface area (Å²) in [6, 6.07) is 15.2. The first-order valence-electron chi connectivity index (χ1n) is 8.12. The summed E-state index contributed by atoms with van der Waals surface area (Å²) < 4.78 is 12.0. The molecule has 7 heteroatoms. The number of carbonyl (C=O) groups excluding carboxylic acids is 1. The van der Waals surface area contributed by atoms with Crippen LogP contribution in [0.3, 0.4) is 0 Å². The lowest BCUT2D eigenvalue weighted by atomic mass is 10.2. The molecule has 1 heterocycles. The molecule has 0 spiro atoms. The first kappa shape index (κ1) is 17.5. The van der Waals surface area contributed by atoms with Crippen molar-refractivity contribution in [2.24, 2.45) is 0 Å². The molecule has 1 N–H and O–H groups in total. The lowest BCUT2D eigenvalue weighted by Gasteiger charge is -2.08. The first-order valence-corrected chi connectivity index (χ1v) is 8.12. The average Bonchev–Trinajstić information content (AvgIpc) is 3.15. The highest BCUT2D eigenvalue weighted by Gasteiger charge is 2.12. The number of rotatable bonds is 7. The molecule has 0 saturated heterocycles. The molecule has 0 bridgehead atoms. The summed E-state index contributed by atoms with van der Waals surface area (Å²) >= 11 is 0. The minimum absolute atomic E-state index is 0.272. The largest absolute Gasteiger partial charge is 0.497 e. The number of nitrogens with zero attached hydrogens (tertiary/aromatic N) is 3. The van der Waals surface area contributed by atoms with Gasteiger partial charge in [0.25, 0.3) is 5.91 Å². The van der Waals surface area contributed by atoms with Crippen LogP contribution in [0.1, 0.15) is 21.6 Å². The van der Waals surface area contributed by atoms with Crippen LogP contribution < -0.4 is 14.8 Å². The van der Waals surface area contributed by atoms with Crippen molar-refractivity contribution in [3.8, 4) is 11.5 Å². The third-order valence-electron chi connectivity index (χ3n) is 3.91. The number of amides is 1. The van der Waals surface area contributed by atoms with E-state index in [1.54, 1.807) is 25.1 Å². The second-order valence-electron chi connectivity index (χ2n) is 5.64. The summed E-state index contributed by atoms with van der Waals surface area (Å²) in [5.41, 5.74) is 2.21. The Morgan fingerprint density at radius 2 is 1.85 bits per heavy atom. The Kier molecular flexibility index (Phi) is 5.48. The molecular weight excluding hydrogens is 332 g/mol. The van der Waals surface area contributed by atoms with Crippen LogP contribution in [0.5, 0.6) is 11.5 Å². The van der Waals surface area contributed by atoms with E-state index < -0.39 is 0 Å². The van der Waals surface area contributed by atoms with Gasteiger partial charge in [-0.1, -0.05) is 35.5 Å². The maximum absolute atomic E-state index is 12.3. The minimum atomic E-state index is -0.281. The molecule has 26 heavy (non-hydrogen) atoms. The summed E-state index contributed by atoms with van der Waals surface area (Å²) in [5.74, 6) is 1.25. The SMILES string of the molecule is COc1ccc(Cn2cc(C(=O)NCc3ccccc3OC)nn2)cc1. The minimum Gasteiger partial charge on any atom is -0.497 e. The van der Waals surface area contributed by atoms with E-state index in [9.17, 15) is 4.79 Å². The molecule has 0 aliphatic carbocycles. The van der Waals surface area contributed by atoms with Crippen LogP contribution in [-0.4, -0.2) is 35.1 Å². The molecule has 0 fully saturated rings. The zero-order valence-corrected chi connectivity index (χ0v) is 14.7. The summed E-state index contributed by atoms with van der Waals surface area (Å²) in [4.78, 5) is 12.3. The van der Waals surface area contributed by atoms with Gasteiger partial charge in [0.05, 0.1) is 27.0 Å². The summed E-state index contributed by atoms with van der Waals surface area (Å²) in [5, 5.41) is 10.8. The highest BCUT2D eigenvalue weighted by atomic mass is 16.5. The van der Waals surface area contributed by atoms with E-state index in [1.165, 1.54) is 0 Å². The van der Waals surface area contributed by atoms with Crippen LogP contribution in [0, 0.1) is 0 Å². The molecule has 0 radical (unpaired) electrons. The van der Waals surface area contributed by atoms with Gasteiger partial charge in [0.1, 0.15) is 11.5 Å². The monoisotopic (exact) mass is 352 g/mol. The van der Waals surface area contributed by atoms with Crippen LogP contribution in [0.15, 0.2) is 54.7 Å². The number of ether oxygens (including phenoxy) is 2. The second-order valence-corrected chi connectivity index (χ2v) is 5.64. The number of para-hydroxylation sites is 1. The van der Waals surface area contributed by atoms with Gasteiger partial charge in [0.2, 0.25) is 0 Å². The molecule has 134 valence electrons. The molecule has 1 amide bonds. The summed E-state index contributed by atoms with van der Waals surface area (Å²) in [6.45, 7) is 0.880. The van der Waals surface area contributed by atoms with Gasteiger partial charge in [-0.25, -0.2) is 4.68 Å². The van der Waals surface area contributed by atoms with Crippen molar-refractivity contribution in [2.45, 2.75) is 13.1 Å². The maximum Gasteiger partial charge on any atom is 0.273 e. The predicted molar refractivity (Wildman–Crippen MR) is 96.3 cm³/mol. The van der Waals surface area contributed by atoms with Gasteiger partial charge in [-0.05, 0) is 23.8 Å². The molecule has 3 aromatic rings. The predicted octanol–water partition coefficient (Wildman–Crippen LogP) is 2.27. The van der Waals surface area contributed by atoms with Crippen LogP contribution in [0.4, 0.5) is 0 Å². The van der Waals surface area contributed by atoms with E-state index in [2.05, 4.69) is 15.6 Å². The van der Waals surface area contributed by atoms with Crippen LogP contribution >= 0.6 is 0 Å². The number of carbonyl (C=O) groups is 1. The van der Waals surface area contributed by atoms with E-state index >= 15 is 0 Å². The maximum atomic E-state index is 12.3. The highest BCUT2D eigenvalue weighted by Crippen LogP contribution is 2.17. The Morgan fingerprint density at radius 1 is 1.08 bits per heavy atom. The summed E-state index contributed by atoms with van der Waals surface area (Å²) in [6.07, 6.45) is 1.63. The zero-order valence-electron chi connectivity index (χ0n) is 14.7. The number of methoxy groups -OCH3 is 2. The molecule has 3 rings (SSSR count). The van der Waals surface area contributed by atoms with Gasteiger partial charge in [-0.2, -0.15) is 0 Å². The molecule has 0 saturated carbocycles. The van der Waals surface area contributed by atoms with Crippen molar-refractivity contribution in [1.82, 2.24) is 20.3 Å². The lowest BCUT2D eigenvalue weighted by Crippen LogP contribution is -2.23. The fourth-order valence-electron chi connectivity index (χ4n) is 2.51. The Labute approximate surface area is 151 Å². The number of aromatic nitrogens is 3. The van der Waals surface area contributed by atoms with Crippen molar-refractivity contribution in [3.05, 3.63) is 71.5 Å². The van der Waals surface area contributed by atoms with Crippen molar-refractivity contribution in [1.29, 1.82) is 0 Å². The van der Waals surface area contributed by atoms with E-state index in [0.717, 1.165) is 22.6 Å². The van der Waals surface area contributed by atoms with Gasteiger partial charge >= 0.3 is 0 Å². The molecule has 0 aliphatic rings. The zero-order chi connectivity index (χ0) is 18.4. The van der Waals surface area contributed by atoms with E-state index in [-0.39, 0.29) is 11.6 Å². The van der Waals surface area contributed by atoms with Crippen molar-refractivity contribution in [3.63, 3.8) is 0 Å². The molecule has 7 nitrogen and oxygen atoms in total. The van der Waals surface area contributed by atoms with Crippen LogP contribution in [-0.2, 0) is 13.1 Å². The van der Waals surface area contributed by atoms with Crippen molar-refractivity contribution in [2.75, 3.05) is 14.2 Å². The Hall–Kier alpha value is -3.35. The van der Waals surface area contributed by atoms with Gasteiger partial charge in [-0.3, -0.25) is 4.79 Å². The Morgan fingerprint density at radius 3 is 2.58 bits per heavy atom. The Bertz CT molecular complexity index is 875. The van der Waals surface area contributed by atoms with Crippen LogP contribution in [0.2, 0.25) is 0 Å². The molecule has 0 unspecified atom stereocenters. The number of hydrogen-bond donors (Lipinski definition) is 1. The lowest BCUT2D eigenvalue weighted by molar-refractivity contribution is 0.0945. The standard InChI is InChI=1S/C19H20N4O3/c1-25-16-9-7-14(8-10-16)12-23-13-17(21-22-23)19(24)20-11-15-5-3-4-6-18(15)26-2/h3-10,13H,11-12H2,1-2H3,(H,20,24).